The van der Waals surface area contributed by atoms with Crippen LogP contribution in [-0.4, -0.2) is 75.7 Å². The Morgan fingerprint density at radius 2 is 1.85 bits per heavy atom. The minimum Gasteiger partial charge on any atom is -0.465 e. The lowest BCUT2D eigenvalue weighted by Crippen LogP contribution is -2.41. The number of esters is 1. The maximum Gasteiger partial charge on any atom is 0.323 e. The molecular formula is C15H33N3O2. The molecule has 5 nitrogen and oxygen atoms in total. The number of ether oxygens (including phenoxy) is 1. The van der Waals surface area contributed by atoms with E-state index in [-0.39, 0.29) is 12.0 Å². The summed E-state index contributed by atoms with van der Waals surface area (Å²) in [5.41, 5.74) is 0. The van der Waals surface area contributed by atoms with Crippen molar-refractivity contribution >= 4 is 5.97 Å². The number of rotatable bonds is 12. The van der Waals surface area contributed by atoms with Crippen molar-refractivity contribution in [1.29, 1.82) is 0 Å². The van der Waals surface area contributed by atoms with Crippen LogP contribution in [-0.2, 0) is 9.53 Å². The van der Waals surface area contributed by atoms with Crippen molar-refractivity contribution in [3.05, 3.63) is 0 Å². The average molecular weight is 287 g/mol. The molecule has 5 heteroatoms. The zero-order chi connectivity index (χ0) is 15.4. The fourth-order valence-corrected chi connectivity index (χ4v) is 1.98. The maximum absolute atomic E-state index is 11.9. The van der Waals surface area contributed by atoms with Gasteiger partial charge in [0.25, 0.3) is 0 Å². The monoisotopic (exact) mass is 287 g/mol. The van der Waals surface area contributed by atoms with Crippen LogP contribution in [0.1, 0.15) is 33.1 Å². The highest BCUT2D eigenvalue weighted by molar-refractivity contribution is 5.75. The molecule has 0 rings (SSSR count). The molecule has 0 aliphatic carbocycles. The second kappa shape index (κ2) is 12.1. The molecule has 0 amide bonds. The van der Waals surface area contributed by atoms with Crippen LogP contribution in [0.15, 0.2) is 0 Å². The van der Waals surface area contributed by atoms with Crippen LogP contribution in [0, 0.1) is 0 Å². The first-order valence-electron chi connectivity index (χ1n) is 7.74. The Labute approximate surface area is 124 Å². The summed E-state index contributed by atoms with van der Waals surface area (Å²) in [7, 11) is 6.29. The topological polar surface area (TPSA) is 44.8 Å². The summed E-state index contributed by atoms with van der Waals surface area (Å²) >= 11 is 0. The molecular weight excluding hydrogens is 254 g/mol. The van der Waals surface area contributed by atoms with Crippen molar-refractivity contribution < 1.29 is 9.53 Å². The first kappa shape index (κ1) is 19.4. The summed E-state index contributed by atoms with van der Waals surface area (Å²) in [6, 6.07) is -0.175. The van der Waals surface area contributed by atoms with Gasteiger partial charge in [0.2, 0.25) is 0 Å². The lowest BCUT2D eigenvalue weighted by molar-refractivity contribution is -0.145. The van der Waals surface area contributed by atoms with Crippen molar-refractivity contribution in [2.75, 3.05) is 53.9 Å². The van der Waals surface area contributed by atoms with Crippen LogP contribution in [0.4, 0.5) is 0 Å². The summed E-state index contributed by atoms with van der Waals surface area (Å²) < 4.78 is 5.12. The molecule has 1 atom stereocenters. The molecule has 0 spiro atoms. The van der Waals surface area contributed by atoms with E-state index in [1.807, 2.05) is 6.92 Å². The Hall–Kier alpha value is -0.650. The van der Waals surface area contributed by atoms with E-state index in [2.05, 4.69) is 43.2 Å². The quantitative estimate of drug-likeness (QED) is 0.546. The van der Waals surface area contributed by atoms with Gasteiger partial charge in [-0.2, -0.15) is 0 Å². The Kier molecular flexibility index (Phi) is 11.7. The summed E-state index contributed by atoms with van der Waals surface area (Å²) in [6.07, 6.45) is 2.97. The van der Waals surface area contributed by atoms with E-state index in [1.54, 1.807) is 0 Å². The van der Waals surface area contributed by atoms with Crippen LogP contribution in [0.25, 0.3) is 0 Å². The van der Waals surface area contributed by atoms with Crippen LogP contribution >= 0.6 is 0 Å². The minimum absolute atomic E-state index is 0.123. The third-order valence-electron chi connectivity index (χ3n) is 3.16. The molecule has 20 heavy (non-hydrogen) atoms. The fraction of sp³-hybridized carbons (Fsp3) is 0.933. The van der Waals surface area contributed by atoms with Crippen LogP contribution < -0.4 is 5.32 Å². The van der Waals surface area contributed by atoms with E-state index in [4.69, 9.17) is 4.74 Å². The third-order valence-corrected chi connectivity index (χ3v) is 3.16. The number of carbonyl (C=O) groups excluding carboxylic acids is 1. The Bertz CT molecular complexity index is 247. The molecule has 1 unspecified atom stereocenters. The second-order valence-electron chi connectivity index (χ2n) is 5.51. The van der Waals surface area contributed by atoms with E-state index in [0.29, 0.717) is 6.61 Å². The molecule has 0 aromatic heterocycles. The lowest BCUT2D eigenvalue weighted by Gasteiger charge is -2.22. The van der Waals surface area contributed by atoms with Gasteiger partial charge in [0.1, 0.15) is 6.04 Å². The summed E-state index contributed by atoms with van der Waals surface area (Å²) in [5, 5.41) is 3.27. The van der Waals surface area contributed by atoms with Crippen molar-refractivity contribution in [2.45, 2.75) is 39.2 Å². The number of nitrogens with one attached hydrogen (secondary N) is 1. The van der Waals surface area contributed by atoms with Crippen molar-refractivity contribution in [1.82, 2.24) is 15.1 Å². The van der Waals surface area contributed by atoms with E-state index < -0.39 is 0 Å². The number of hydrogen-bond donors (Lipinski definition) is 1. The maximum atomic E-state index is 11.9. The lowest BCUT2D eigenvalue weighted by atomic mass is 10.2. The Morgan fingerprint density at radius 1 is 1.15 bits per heavy atom. The van der Waals surface area contributed by atoms with Crippen molar-refractivity contribution in [3.8, 4) is 0 Å². The molecule has 0 aliphatic rings. The highest BCUT2D eigenvalue weighted by Crippen LogP contribution is 2.00. The van der Waals surface area contributed by atoms with Gasteiger partial charge in [-0.25, -0.2) is 0 Å². The zero-order valence-corrected chi connectivity index (χ0v) is 13.9. The van der Waals surface area contributed by atoms with Crippen molar-refractivity contribution in [3.63, 3.8) is 0 Å². The predicted octanol–water partition coefficient (Wildman–Crippen LogP) is 1.19. The molecule has 0 aromatic rings. The largest absolute Gasteiger partial charge is 0.465 e. The van der Waals surface area contributed by atoms with E-state index >= 15 is 0 Å². The molecule has 0 saturated carbocycles. The van der Waals surface area contributed by atoms with Gasteiger partial charge < -0.3 is 19.9 Å². The fourth-order valence-electron chi connectivity index (χ4n) is 1.98. The number of carbonyl (C=O) groups is 1. The van der Waals surface area contributed by atoms with Gasteiger partial charge >= 0.3 is 5.97 Å². The van der Waals surface area contributed by atoms with E-state index in [1.165, 1.54) is 0 Å². The van der Waals surface area contributed by atoms with Gasteiger partial charge in [0.15, 0.2) is 0 Å². The molecule has 0 aromatic carbocycles. The smallest absolute Gasteiger partial charge is 0.323 e. The molecule has 0 saturated heterocycles. The first-order valence-corrected chi connectivity index (χ1v) is 7.74. The molecule has 120 valence electrons. The van der Waals surface area contributed by atoms with Gasteiger partial charge in [-0.3, -0.25) is 4.79 Å². The minimum atomic E-state index is -0.175. The normalized spacial score (nSPS) is 12.9. The van der Waals surface area contributed by atoms with Crippen LogP contribution in [0.5, 0.6) is 0 Å². The standard InChI is InChI=1S/C15H33N3O2/c1-6-10-16-14(15(19)20-7-2)9-13-18(5)12-8-11-17(3)4/h14,16H,6-13H2,1-5H3. The highest BCUT2D eigenvalue weighted by Gasteiger charge is 2.18. The van der Waals surface area contributed by atoms with Gasteiger partial charge in [-0.15, -0.1) is 0 Å². The predicted molar refractivity (Wildman–Crippen MR) is 84.0 cm³/mol. The van der Waals surface area contributed by atoms with E-state index in [9.17, 15) is 4.79 Å². The van der Waals surface area contributed by atoms with Crippen LogP contribution in [0.2, 0.25) is 0 Å². The molecule has 0 bridgehead atoms. The Balaban J connectivity index is 4.00. The van der Waals surface area contributed by atoms with Crippen LogP contribution in [0.3, 0.4) is 0 Å². The van der Waals surface area contributed by atoms with E-state index in [0.717, 1.165) is 45.4 Å². The Morgan fingerprint density at radius 3 is 2.40 bits per heavy atom. The molecule has 0 radical (unpaired) electrons. The zero-order valence-electron chi connectivity index (χ0n) is 13.9. The number of hydrogen-bond acceptors (Lipinski definition) is 5. The third kappa shape index (κ3) is 10.2. The molecule has 0 fully saturated rings. The van der Waals surface area contributed by atoms with Crippen molar-refractivity contribution in [2.24, 2.45) is 0 Å². The average Bonchev–Trinajstić information content (AvgIpc) is 2.38. The summed E-state index contributed by atoms with van der Waals surface area (Å²) in [5.74, 6) is -0.123. The van der Waals surface area contributed by atoms with Gasteiger partial charge in [-0.1, -0.05) is 6.92 Å². The molecule has 0 heterocycles. The van der Waals surface area contributed by atoms with Gasteiger partial charge in [-0.05, 0) is 73.5 Å². The molecule has 1 N–H and O–H groups in total. The first-order chi connectivity index (χ1) is 9.51. The SMILES string of the molecule is CCCNC(CCN(C)CCCN(C)C)C(=O)OCC. The second-order valence-corrected chi connectivity index (χ2v) is 5.51. The summed E-state index contributed by atoms with van der Waals surface area (Å²) in [6.45, 7) is 8.31. The highest BCUT2D eigenvalue weighted by atomic mass is 16.5. The van der Waals surface area contributed by atoms with Gasteiger partial charge in [0, 0.05) is 0 Å². The summed E-state index contributed by atoms with van der Waals surface area (Å²) in [4.78, 5) is 16.3. The number of nitrogens with zero attached hydrogens (tertiary/aromatic N) is 2. The molecule has 0 aliphatic heterocycles. The van der Waals surface area contributed by atoms with Gasteiger partial charge in [0.05, 0.1) is 6.61 Å².